The number of carboxylic acid groups (broad SMARTS) is 1. The largest absolute Gasteiger partial charge is 0.480 e. The van der Waals surface area contributed by atoms with Gasteiger partial charge in [-0.1, -0.05) is 32.1 Å². The van der Waals surface area contributed by atoms with E-state index in [9.17, 15) is 47.0 Å². The van der Waals surface area contributed by atoms with Crippen LogP contribution in [0, 0.1) is 5.92 Å². The van der Waals surface area contributed by atoms with Crippen molar-refractivity contribution in [2.24, 2.45) is 23.1 Å². The fraction of sp³-hybridized carbons (Fsp3) is 0.611. The van der Waals surface area contributed by atoms with E-state index >= 15 is 0 Å². The molecule has 15 nitrogen and oxygen atoms in total. The van der Waals surface area contributed by atoms with Gasteiger partial charge >= 0.3 is 12.1 Å². The molecule has 0 aliphatic heterocycles. The average molecular weight is 771 g/mol. The number of hydrogen-bond acceptors (Lipinski definition) is 9. The lowest BCUT2D eigenvalue weighted by atomic mass is 10.0. The predicted octanol–water partition coefficient (Wildman–Crippen LogP) is 0.984. The molecule has 54 heavy (non-hydrogen) atoms. The van der Waals surface area contributed by atoms with Gasteiger partial charge in [-0.25, -0.2) is 4.79 Å². The van der Waals surface area contributed by atoms with Gasteiger partial charge in [0.15, 0.2) is 0 Å². The molecule has 0 aromatic heterocycles. The van der Waals surface area contributed by atoms with Crippen LogP contribution in [0.5, 0.6) is 0 Å². The van der Waals surface area contributed by atoms with Gasteiger partial charge in [0.1, 0.15) is 30.2 Å². The summed E-state index contributed by atoms with van der Waals surface area (Å²) in [4.78, 5) is 78.6. The summed E-state index contributed by atoms with van der Waals surface area (Å²) in [5, 5.41) is 22.4. The van der Waals surface area contributed by atoms with Gasteiger partial charge in [-0.05, 0) is 95.0 Å². The number of alkyl halides is 3. The Hall–Kier alpha value is -4.55. The van der Waals surface area contributed by atoms with E-state index in [1.54, 1.807) is 13.8 Å². The summed E-state index contributed by atoms with van der Waals surface area (Å²) in [7, 11) is 0. The van der Waals surface area contributed by atoms with Gasteiger partial charge in [-0.15, -0.1) is 6.58 Å². The van der Waals surface area contributed by atoms with E-state index in [-0.39, 0.29) is 43.6 Å². The Kier molecular flexibility index (Phi) is 21.1. The zero-order valence-corrected chi connectivity index (χ0v) is 31.2. The molecule has 6 atom stereocenters. The summed E-state index contributed by atoms with van der Waals surface area (Å²) >= 11 is 0. The first kappa shape index (κ1) is 47.5. The third-order valence-corrected chi connectivity index (χ3v) is 8.28. The number of nitrogens with one attached hydrogen (secondary N) is 5. The Morgan fingerprint density at radius 3 is 1.56 bits per heavy atom. The van der Waals surface area contributed by atoms with Crippen molar-refractivity contribution < 1.29 is 47.0 Å². The highest BCUT2D eigenvalue weighted by Gasteiger charge is 2.33. The van der Waals surface area contributed by atoms with Crippen LogP contribution in [0.4, 0.5) is 13.2 Å². The predicted molar refractivity (Wildman–Crippen MR) is 196 cm³/mol. The van der Waals surface area contributed by atoms with Gasteiger partial charge in [0.05, 0.1) is 11.6 Å². The van der Waals surface area contributed by atoms with Crippen molar-refractivity contribution in [2.75, 3.05) is 13.1 Å². The minimum absolute atomic E-state index is 0.0528. The van der Waals surface area contributed by atoms with Crippen LogP contribution < -0.4 is 43.8 Å². The maximum atomic E-state index is 13.7. The van der Waals surface area contributed by atoms with Crippen LogP contribution >= 0.6 is 0 Å². The first-order valence-electron chi connectivity index (χ1n) is 18.0. The molecule has 1 aromatic carbocycles. The molecule has 1 aromatic rings. The molecule has 0 bridgehead atoms. The zero-order valence-electron chi connectivity index (χ0n) is 31.2. The molecule has 5 amide bonds. The number of carbonyl (C=O) groups is 6. The monoisotopic (exact) mass is 770 g/mol. The number of hydrogen-bond donors (Lipinski definition) is 9. The fourth-order valence-corrected chi connectivity index (χ4v) is 5.28. The molecule has 0 aliphatic rings. The smallest absolute Gasteiger partial charge is 0.416 e. The van der Waals surface area contributed by atoms with Crippen molar-refractivity contribution in [2.45, 2.75) is 121 Å². The van der Waals surface area contributed by atoms with Crippen molar-refractivity contribution in [3.8, 4) is 0 Å². The molecule has 0 aliphatic carbocycles. The van der Waals surface area contributed by atoms with E-state index in [1.807, 2.05) is 0 Å². The van der Waals surface area contributed by atoms with E-state index in [0.717, 1.165) is 24.3 Å². The molecule has 0 radical (unpaired) electrons. The van der Waals surface area contributed by atoms with Crippen molar-refractivity contribution in [1.29, 1.82) is 0 Å². The maximum absolute atomic E-state index is 13.7. The summed E-state index contributed by atoms with van der Waals surface area (Å²) in [5.41, 5.74) is 16.2. The van der Waals surface area contributed by atoms with Crippen molar-refractivity contribution in [3.63, 3.8) is 0 Å². The van der Waals surface area contributed by atoms with Gasteiger partial charge in [0.25, 0.3) is 0 Å². The Labute approximate surface area is 314 Å². The van der Waals surface area contributed by atoms with Crippen LogP contribution in [0.25, 0.3) is 0 Å². The Morgan fingerprint density at radius 2 is 1.13 bits per heavy atom. The highest BCUT2D eigenvalue weighted by atomic mass is 19.4. The Morgan fingerprint density at radius 1 is 0.704 bits per heavy atom. The van der Waals surface area contributed by atoms with Gasteiger partial charge < -0.3 is 48.9 Å². The number of nitrogens with two attached hydrogens (primary N) is 3. The summed E-state index contributed by atoms with van der Waals surface area (Å²) < 4.78 is 39.6. The molecular weight excluding hydrogens is 713 g/mol. The SMILES string of the molecule is C=CC[C@H](NC(=O)[C@H](CCCCN)NC(=O)[C@H](CCCCN)NC(=O)[C@H](C)N)C(=O)N[C@@H](Cc1ccc(C(F)(F)F)cc1)C(=O)N[C@@H](CC(C)C)C(=O)O. The summed E-state index contributed by atoms with van der Waals surface area (Å²) in [6, 6.07) is -3.40. The third kappa shape index (κ3) is 17.5. The van der Waals surface area contributed by atoms with E-state index in [1.165, 1.54) is 13.0 Å². The van der Waals surface area contributed by atoms with E-state index in [2.05, 4.69) is 33.2 Å². The van der Waals surface area contributed by atoms with Gasteiger partial charge in [0, 0.05) is 6.42 Å². The standard InChI is InChI=1S/C36H57F3N8O7/c1-5-10-25(44-33(51)27(12-7-9-18-41)45-32(50)26(11-6-8-17-40)43-30(48)22(4)42)31(49)46-28(34(52)47-29(35(53)54)19-21(2)3)20-23-13-15-24(16-14-23)36(37,38)39/h5,13-16,21-22,25-29H,1,6-12,17-20,40-42H2,2-4H3,(H,43,48)(H,44,51)(H,45,50)(H,46,49)(H,47,52)(H,53,54)/t22-,25-,26-,27-,28-,29-/m0/s1. The van der Waals surface area contributed by atoms with E-state index < -0.39 is 83.5 Å². The topological polar surface area (TPSA) is 261 Å². The van der Waals surface area contributed by atoms with Crippen LogP contribution in [0.1, 0.15) is 83.3 Å². The van der Waals surface area contributed by atoms with Crippen molar-refractivity contribution in [3.05, 3.63) is 48.0 Å². The first-order valence-corrected chi connectivity index (χ1v) is 18.0. The average Bonchev–Trinajstić information content (AvgIpc) is 3.09. The quantitative estimate of drug-likeness (QED) is 0.0503. The molecule has 0 saturated heterocycles. The molecule has 0 fully saturated rings. The number of carboxylic acids is 1. The molecule has 304 valence electrons. The summed E-state index contributed by atoms with van der Waals surface area (Å²) in [6.07, 6.45) is -1.40. The van der Waals surface area contributed by atoms with Crippen molar-refractivity contribution >= 4 is 35.5 Å². The van der Waals surface area contributed by atoms with E-state index in [0.29, 0.717) is 38.8 Å². The Balaban J connectivity index is 3.37. The first-order chi connectivity index (χ1) is 25.3. The second-order valence-corrected chi connectivity index (χ2v) is 13.6. The zero-order chi connectivity index (χ0) is 41.0. The maximum Gasteiger partial charge on any atom is 0.416 e. The number of halogens is 3. The lowest BCUT2D eigenvalue weighted by Crippen LogP contribution is -2.59. The van der Waals surface area contributed by atoms with E-state index in [4.69, 9.17) is 17.2 Å². The molecule has 12 N–H and O–H groups in total. The van der Waals surface area contributed by atoms with Crippen LogP contribution in [0.15, 0.2) is 36.9 Å². The van der Waals surface area contributed by atoms with Gasteiger partial charge in [0.2, 0.25) is 29.5 Å². The van der Waals surface area contributed by atoms with Crippen LogP contribution in [-0.2, 0) is 41.4 Å². The van der Waals surface area contributed by atoms with Crippen LogP contribution in [0.2, 0.25) is 0 Å². The molecular formula is C36H57F3N8O7. The van der Waals surface area contributed by atoms with Crippen LogP contribution in [0.3, 0.4) is 0 Å². The highest BCUT2D eigenvalue weighted by molar-refractivity contribution is 5.96. The number of unbranched alkanes of at least 4 members (excludes halogenated alkanes) is 2. The second-order valence-electron chi connectivity index (χ2n) is 13.6. The lowest BCUT2D eigenvalue weighted by molar-refractivity contribution is -0.142. The summed E-state index contributed by atoms with van der Waals surface area (Å²) in [6.45, 7) is 9.24. The highest BCUT2D eigenvalue weighted by Crippen LogP contribution is 2.29. The Bertz CT molecular complexity index is 1390. The molecule has 0 spiro atoms. The molecule has 0 unspecified atom stereocenters. The van der Waals surface area contributed by atoms with Gasteiger partial charge in [-0.3, -0.25) is 24.0 Å². The normalized spacial score (nSPS) is 14.8. The minimum Gasteiger partial charge on any atom is -0.480 e. The molecule has 0 saturated carbocycles. The second kappa shape index (κ2) is 24.0. The number of rotatable bonds is 25. The van der Waals surface area contributed by atoms with Gasteiger partial charge in [-0.2, -0.15) is 13.2 Å². The summed E-state index contributed by atoms with van der Waals surface area (Å²) in [5.74, 6) is -5.28. The minimum atomic E-state index is -4.62. The number of aliphatic carboxylic acids is 1. The van der Waals surface area contributed by atoms with Crippen LogP contribution in [-0.4, -0.2) is 90.0 Å². The molecule has 1 rings (SSSR count). The lowest BCUT2D eigenvalue weighted by Gasteiger charge is -2.27. The number of carbonyl (C=O) groups excluding carboxylic acids is 5. The van der Waals surface area contributed by atoms with Crippen molar-refractivity contribution in [1.82, 2.24) is 26.6 Å². The molecule has 18 heteroatoms. The number of amides is 5. The molecule has 0 heterocycles. The fourth-order valence-electron chi connectivity index (χ4n) is 5.28. The third-order valence-electron chi connectivity index (χ3n) is 8.28. The number of benzene rings is 1.